The molecule has 4 nitrogen and oxygen atoms in total. The Morgan fingerprint density at radius 2 is 2.00 bits per heavy atom. The van der Waals surface area contributed by atoms with Crippen LogP contribution in [0.2, 0.25) is 0 Å². The summed E-state index contributed by atoms with van der Waals surface area (Å²) in [6.07, 6.45) is 0.785. The van der Waals surface area contributed by atoms with Crippen molar-refractivity contribution in [2.75, 3.05) is 5.32 Å². The molecule has 0 aliphatic heterocycles. The number of anilines is 1. The Morgan fingerprint density at radius 3 is 2.56 bits per heavy atom. The smallest absolute Gasteiger partial charge is 0.313 e. The zero-order chi connectivity index (χ0) is 13.7. The number of nitrogens with one attached hydrogen (secondary N) is 2. The average Bonchev–Trinajstić information content (AvgIpc) is 2.32. The molecule has 1 rings (SSSR count). The summed E-state index contributed by atoms with van der Waals surface area (Å²) in [5, 5.41) is 5.18. The van der Waals surface area contributed by atoms with Crippen LogP contribution in [0, 0.1) is 6.92 Å². The minimum Gasteiger partial charge on any atom is -0.345 e. The molecule has 2 amide bonds. The Hall–Kier alpha value is -1.36. The lowest BCUT2D eigenvalue weighted by molar-refractivity contribution is -0.136. The van der Waals surface area contributed by atoms with Crippen molar-refractivity contribution in [1.82, 2.24) is 5.32 Å². The third-order valence-corrected chi connectivity index (χ3v) is 3.22. The minimum absolute atomic E-state index is 0.00953. The van der Waals surface area contributed by atoms with E-state index in [9.17, 15) is 9.59 Å². The van der Waals surface area contributed by atoms with Gasteiger partial charge in [-0.25, -0.2) is 0 Å². The number of benzene rings is 1. The lowest BCUT2D eigenvalue weighted by Gasteiger charge is -2.12. The van der Waals surface area contributed by atoms with Crippen molar-refractivity contribution >= 4 is 33.4 Å². The van der Waals surface area contributed by atoms with Crippen LogP contribution in [0.25, 0.3) is 0 Å². The highest BCUT2D eigenvalue weighted by atomic mass is 79.9. The van der Waals surface area contributed by atoms with Gasteiger partial charge in [0, 0.05) is 10.5 Å². The molecule has 0 aromatic heterocycles. The summed E-state index contributed by atoms with van der Waals surface area (Å²) in [5.41, 5.74) is 1.66. The van der Waals surface area contributed by atoms with Crippen LogP contribution in [0.3, 0.4) is 0 Å². The number of rotatable bonds is 3. The first kappa shape index (κ1) is 14.7. The standard InChI is InChI=1S/C13H17BrN2O2/c1-4-9(3)15-12(17)13(18)16-11-6-5-8(2)7-10(11)14/h5-7,9H,4H2,1-3H3,(H,15,17)(H,16,18). The van der Waals surface area contributed by atoms with Crippen LogP contribution in [0.15, 0.2) is 22.7 Å². The molecule has 0 radical (unpaired) electrons. The van der Waals surface area contributed by atoms with E-state index in [1.54, 1.807) is 6.07 Å². The Kier molecular flexibility index (Phi) is 5.34. The van der Waals surface area contributed by atoms with Gasteiger partial charge in [0.1, 0.15) is 0 Å². The molecule has 1 unspecified atom stereocenters. The number of hydrogen-bond acceptors (Lipinski definition) is 2. The van der Waals surface area contributed by atoms with Gasteiger partial charge in [-0.2, -0.15) is 0 Å². The highest BCUT2D eigenvalue weighted by Gasteiger charge is 2.16. The van der Waals surface area contributed by atoms with Crippen molar-refractivity contribution in [3.05, 3.63) is 28.2 Å². The maximum absolute atomic E-state index is 11.7. The minimum atomic E-state index is -0.653. The highest BCUT2D eigenvalue weighted by Crippen LogP contribution is 2.23. The fourth-order valence-corrected chi connectivity index (χ4v) is 1.88. The molecule has 98 valence electrons. The number of halogens is 1. The van der Waals surface area contributed by atoms with Gasteiger partial charge in [-0.05, 0) is 53.9 Å². The van der Waals surface area contributed by atoms with Gasteiger partial charge in [-0.15, -0.1) is 0 Å². The second-order valence-corrected chi connectivity index (χ2v) is 5.07. The molecular formula is C13H17BrN2O2. The topological polar surface area (TPSA) is 58.2 Å². The largest absolute Gasteiger partial charge is 0.345 e. The molecule has 18 heavy (non-hydrogen) atoms. The number of aryl methyl sites for hydroxylation is 1. The fraction of sp³-hybridized carbons (Fsp3) is 0.385. The lowest BCUT2D eigenvalue weighted by atomic mass is 10.2. The van der Waals surface area contributed by atoms with Crippen molar-refractivity contribution < 1.29 is 9.59 Å². The maximum Gasteiger partial charge on any atom is 0.313 e. The van der Waals surface area contributed by atoms with Crippen molar-refractivity contribution in [2.24, 2.45) is 0 Å². The lowest BCUT2D eigenvalue weighted by Crippen LogP contribution is -2.40. The van der Waals surface area contributed by atoms with Crippen LogP contribution in [-0.2, 0) is 9.59 Å². The van der Waals surface area contributed by atoms with E-state index < -0.39 is 11.8 Å². The van der Waals surface area contributed by atoms with E-state index in [2.05, 4.69) is 26.6 Å². The van der Waals surface area contributed by atoms with E-state index in [-0.39, 0.29) is 6.04 Å². The third kappa shape index (κ3) is 4.14. The predicted molar refractivity (Wildman–Crippen MR) is 75.4 cm³/mol. The third-order valence-electron chi connectivity index (χ3n) is 2.57. The zero-order valence-corrected chi connectivity index (χ0v) is 12.3. The van der Waals surface area contributed by atoms with Crippen molar-refractivity contribution in [3.63, 3.8) is 0 Å². The molecule has 0 fully saturated rings. The monoisotopic (exact) mass is 312 g/mol. The van der Waals surface area contributed by atoms with Crippen LogP contribution < -0.4 is 10.6 Å². The first-order valence-corrected chi connectivity index (χ1v) is 6.61. The average molecular weight is 313 g/mol. The summed E-state index contributed by atoms with van der Waals surface area (Å²) >= 11 is 3.34. The van der Waals surface area contributed by atoms with Crippen LogP contribution in [0.1, 0.15) is 25.8 Å². The summed E-state index contributed by atoms with van der Waals surface area (Å²) < 4.78 is 0.757. The Balaban J connectivity index is 2.67. The van der Waals surface area contributed by atoms with Gasteiger partial charge in [-0.3, -0.25) is 9.59 Å². The quantitative estimate of drug-likeness (QED) is 0.843. The van der Waals surface area contributed by atoms with E-state index in [1.165, 1.54) is 0 Å². The SMILES string of the molecule is CCC(C)NC(=O)C(=O)Nc1ccc(C)cc1Br. The van der Waals surface area contributed by atoms with Gasteiger partial charge in [0.05, 0.1) is 5.69 Å². The molecule has 0 aliphatic rings. The van der Waals surface area contributed by atoms with E-state index in [1.807, 2.05) is 32.9 Å². The molecule has 1 aromatic rings. The molecule has 0 heterocycles. The fourth-order valence-electron chi connectivity index (χ4n) is 1.29. The molecule has 0 bridgehead atoms. The van der Waals surface area contributed by atoms with Crippen LogP contribution >= 0.6 is 15.9 Å². The van der Waals surface area contributed by atoms with E-state index in [0.29, 0.717) is 5.69 Å². The summed E-state index contributed by atoms with van der Waals surface area (Å²) in [6, 6.07) is 5.49. The Morgan fingerprint density at radius 1 is 1.33 bits per heavy atom. The molecule has 0 saturated heterocycles. The van der Waals surface area contributed by atoms with E-state index in [0.717, 1.165) is 16.5 Å². The first-order valence-electron chi connectivity index (χ1n) is 5.82. The zero-order valence-electron chi connectivity index (χ0n) is 10.7. The van der Waals surface area contributed by atoms with Gasteiger partial charge in [0.25, 0.3) is 0 Å². The summed E-state index contributed by atoms with van der Waals surface area (Å²) in [5.74, 6) is -1.27. The summed E-state index contributed by atoms with van der Waals surface area (Å²) in [4.78, 5) is 23.2. The van der Waals surface area contributed by atoms with Gasteiger partial charge >= 0.3 is 11.8 Å². The first-order chi connectivity index (χ1) is 8.43. The normalized spacial score (nSPS) is 11.8. The molecule has 1 atom stereocenters. The van der Waals surface area contributed by atoms with Crippen LogP contribution in [0.5, 0.6) is 0 Å². The summed E-state index contributed by atoms with van der Waals surface area (Å²) in [7, 11) is 0. The maximum atomic E-state index is 11.7. The van der Waals surface area contributed by atoms with Gasteiger partial charge < -0.3 is 10.6 Å². The Labute approximate surface area is 115 Å². The van der Waals surface area contributed by atoms with E-state index >= 15 is 0 Å². The second-order valence-electron chi connectivity index (χ2n) is 4.22. The molecule has 0 aliphatic carbocycles. The number of carbonyl (C=O) groups excluding carboxylic acids is 2. The molecule has 0 spiro atoms. The highest BCUT2D eigenvalue weighted by molar-refractivity contribution is 9.10. The number of carbonyl (C=O) groups is 2. The van der Waals surface area contributed by atoms with Crippen molar-refractivity contribution in [1.29, 1.82) is 0 Å². The van der Waals surface area contributed by atoms with Gasteiger partial charge in [-0.1, -0.05) is 13.0 Å². The summed E-state index contributed by atoms with van der Waals surface area (Å²) in [6.45, 7) is 5.75. The Bertz CT molecular complexity index is 460. The molecule has 0 saturated carbocycles. The molecule has 5 heteroatoms. The predicted octanol–water partition coefficient (Wildman–Crippen LogP) is 2.61. The molecular weight excluding hydrogens is 296 g/mol. The molecule has 2 N–H and O–H groups in total. The van der Waals surface area contributed by atoms with Gasteiger partial charge in [0.2, 0.25) is 0 Å². The van der Waals surface area contributed by atoms with Crippen LogP contribution in [-0.4, -0.2) is 17.9 Å². The number of hydrogen-bond donors (Lipinski definition) is 2. The number of amides is 2. The van der Waals surface area contributed by atoms with Crippen molar-refractivity contribution in [2.45, 2.75) is 33.2 Å². The van der Waals surface area contributed by atoms with Crippen LogP contribution in [0.4, 0.5) is 5.69 Å². The van der Waals surface area contributed by atoms with Crippen molar-refractivity contribution in [3.8, 4) is 0 Å². The van der Waals surface area contributed by atoms with E-state index in [4.69, 9.17) is 0 Å². The van der Waals surface area contributed by atoms with Gasteiger partial charge in [0.15, 0.2) is 0 Å². The second kappa shape index (κ2) is 6.54. The molecule has 1 aromatic carbocycles.